The molecule has 1 saturated heterocycles. The van der Waals surface area contributed by atoms with E-state index in [2.05, 4.69) is 10.6 Å². The molecule has 2 rings (SSSR count). The summed E-state index contributed by atoms with van der Waals surface area (Å²) in [4.78, 5) is 49.6. The molecule has 0 bridgehead atoms. The Morgan fingerprint density at radius 3 is 2.59 bits per heavy atom. The second-order valence-corrected chi connectivity index (χ2v) is 7.50. The average Bonchev–Trinajstić information content (AvgIpc) is 2.69. The third-order valence-electron chi connectivity index (χ3n) is 4.91. The number of amides is 2. The Balaban J connectivity index is 1.87. The van der Waals surface area contributed by atoms with Crippen LogP contribution in [0.15, 0.2) is 0 Å². The molecule has 2 aliphatic rings. The molecule has 1 unspecified atom stereocenters. The monoisotopic (exact) mass is 427 g/mol. The van der Waals surface area contributed by atoms with Crippen LogP contribution in [0.3, 0.4) is 0 Å². The second kappa shape index (κ2) is 11.7. The summed E-state index contributed by atoms with van der Waals surface area (Å²) in [7, 11) is 0. The predicted octanol–water partition coefficient (Wildman–Crippen LogP) is 0.797. The van der Waals surface area contributed by atoms with Crippen LogP contribution in [-0.2, 0) is 28.7 Å². The highest BCUT2D eigenvalue weighted by atomic mass is 32.1. The minimum atomic E-state index is -0.835. The number of nitrogens with zero attached hydrogens (tertiary/aromatic N) is 1. The normalized spacial score (nSPS) is 19.8. The van der Waals surface area contributed by atoms with Crippen molar-refractivity contribution in [1.29, 1.82) is 0 Å². The SMILES string of the molecule is CCOC(=O)CCC(=O)NC(=S)N1CCNC(=O)C1CC(=O)OC1CCCCC1. The largest absolute Gasteiger partial charge is 0.466 e. The van der Waals surface area contributed by atoms with E-state index in [1.807, 2.05) is 0 Å². The Morgan fingerprint density at radius 1 is 1.17 bits per heavy atom. The molecule has 9 nitrogen and oxygen atoms in total. The third kappa shape index (κ3) is 7.60. The van der Waals surface area contributed by atoms with Gasteiger partial charge in [0.15, 0.2) is 5.11 Å². The van der Waals surface area contributed by atoms with Crippen LogP contribution in [0.2, 0.25) is 0 Å². The van der Waals surface area contributed by atoms with Crippen LogP contribution in [0.25, 0.3) is 0 Å². The summed E-state index contributed by atoms with van der Waals surface area (Å²) in [6, 6.07) is -0.835. The van der Waals surface area contributed by atoms with E-state index >= 15 is 0 Å². The van der Waals surface area contributed by atoms with E-state index in [9.17, 15) is 19.2 Å². The summed E-state index contributed by atoms with van der Waals surface area (Å²) in [6.07, 6.45) is 4.56. The van der Waals surface area contributed by atoms with Gasteiger partial charge in [0.2, 0.25) is 11.8 Å². The van der Waals surface area contributed by atoms with Crippen LogP contribution in [0.4, 0.5) is 0 Å². The van der Waals surface area contributed by atoms with Crippen molar-refractivity contribution in [2.75, 3.05) is 19.7 Å². The van der Waals surface area contributed by atoms with E-state index in [1.165, 1.54) is 4.90 Å². The minimum absolute atomic E-state index is 0.0556. The molecule has 162 valence electrons. The Hall–Kier alpha value is -2.23. The second-order valence-electron chi connectivity index (χ2n) is 7.11. The van der Waals surface area contributed by atoms with Gasteiger partial charge in [-0.2, -0.15) is 0 Å². The van der Waals surface area contributed by atoms with Crippen LogP contribution in [0, 0.1) is 0 Å². The quantitative estimate of drug-likeness (QED) is 0.453. The molecule has 0 spiro atoms. The number of hydrogen-bond donors (Lipinski definition) is 2. The number of esters is 2. The number of ether oxygens (including phenoxy) is 2. The number of carbonyl (C=O) groups is 4. The maximum atomic E-state index is 12.3. The highest BCUT2D eigenvalue weighted by molar-refractivity contribution is 7.80. The lowest BCUT2D eigenvalue weighted by Gasteiger charge is -2.36. The van der Waals surface area contributed by atoms with Gasteiger partial charge in [0.05, 0.1) is 19.4 Å². The number of nitrogens with one attached hydrogen (secondary N) is 2. The van der Waals surface area contributed by atoms with Crippen molar-refractivity contribution in [3.8, 4) is 0 Å². The van der Waals surface area contributed by atoms with E-state index in [0.29, 0.717) is 13.1 Å². The summed E-state index contributed by atoms with van der Waals surface area (Å²) >= 11 is 5.27. The molecule has 1 saturated carbocycles. The van der Waals surface area contributed by atoms with Gasteiger partial charge < -0.3 is 25.0 Å². The highest BCUT2D eigenvalue weighted by Crippen LogP contribution is 2.21. The van der Waals surface area contributed by atoms with Crippen LogP contribution >= 0.6 is 12.2 Å². The molecule has 2 fully saturated rings. The van der Waals surface area contributed by atoms with Gasteiger partial charge in [0, 0.05) is 19.5 Å². The lowest BCUT2D eigenvalue weighted by molar-refractivity contribution is -0.153. The van der Waals surface area contributed by atoms with E-state index in [0.717, 1.165) is 32.1 Å². The number of rotatable bonds is 7. The lowest BCUT2D eigenvalue weighted by atomic mass is 9.98. The Kier molecular flexibility index (Phi) is 9.30. The van der Waals surface area contributed by atoms with Crippen LogP contribution < -0.4 is 10.6 Å². The zero-order chi connectivity index (χ0) is 21.2. The summed E-state index contributed by atoms with van der Waals surface area (Å²) in [5.74, 6) is -1.69. The van der Waals surface area contributed by atoms with Crippen molar-refractivity contribution in [2.24, 2.45) is 0 Å². The Bertz CT molecular complexity index is 635. The van der Waals surface area contributed by atoms with Gasteiger partial charge in [-0.3, -0.25) is 19.2 Å². The molecule has 0 aromatic rings. The highest BCUT2D eigenvalue weighted by Gasteiger charge is 2.34. The first-order valence-electron chi connectivity index (χ1n) is 10.1. The van der Waals surface area contributed by atoms with Gasteiger partial charge in [-0.15, -0.1) is 0 Å². The van der Waals surface area contributed by atoms with E-state index < -0.39 is 23.9 Å². The van der Waals surface area contributed by atoms with Crippen molar-refractivity contribution in [1.82, 2.24) is 15.5 Å². The Labute approximate surface area is 175 Å². The number of hydrogen-bond acceptors (Lipinski definition) is 7. The summed E-state index contributed by atoms with van der Waals surface area (Å²) < 4.78 is 10.3. The molecule has 10 heteroatoms. The molecule has 0 radical (unpaired) electrons. The maximum absolute atomic E-state index is 12.3. The Morgan fingerprint density at radius 2 is 1.90 bits per heavy atom. The van der Waals surface area contributed by atoms with Crippen molar-refractivity contribution in [3.05, 3.63) is 0 Å². The molecular weight excluding hydrogens is 398 g/mol. The van der Waals surface area contributed by atoms with E-state index in [4.69, 9.17) is 21.7 Å². The molecule has 2 N–H and O–H groups in total. The molecule has 1 aliphatic heterocycles. The van der Waals surface area contributed by atoms with Crippen LogP contribution in [0.1, 0.15) is 58.3 Å². The standard InChI is InChI=1S/C19H29N3O6S/c1-2-27-16(24)9-8-15(23)21-19(29)22-11-10-20-18(26)14(22)12-17(25)28-13-6-4-3-5-7-13/h13-14H,2-12H2,1H3,(H,20,26)(H,21,23,29). The fourth-order valence-electron chi connectivity index (χ4n) is 3.44. The summed E-state index contributed by atoms with van der Waals surface area (Å²) in [5, 5.41) is 5.30. The summed E-state index contributed by atoms with van der Waals surface area (Å²) in [6.45, 7) is 2.66. The molecule has 1 aliphatic carbocycles. The predicted molar refractivity (Wildman–Crippen MR) is 108 cm³/mol. The topological polar surface area (TPSA) is 114 Å². The zero-order valence-corrected chi connectivity index (χ0v) is 17.6. The molecule has 0 aromatic heterocycles. The molecule has 1 atom stereocenters. The smallest absolute Gasteiger partial charge is 0.308 e. The molecular formula is C19H29N3O6S. The van der Waals surface area contributed by atoms with Gasteiger partial charge in [0.1, 0.15) is 12.1 Å². The van der Waals surface area contributed by atoms with E-state index in [-0.39, 0.29) is 43.0 Å². The third-order valence-corrected chi connectivity index (χ3v) is 5.25. The van der Waals surface area contributed by atoms with Crippen molar-refractivity contribution < 1.29 is 28.7 Å². The van der Waals surface area contributed by atoms with Gasteiger partial charge in [-0.25, -0.2) is 0 Å². The van der Waals surface area contributed by atoms with E-state index in [1.54, 1.807) is 6.92 Å². The average molecular weight is 428 g/mol. The van der Waals surface area contributed by atoms with Crippen molar-refractivity contribution in [2.45, 2.75) is 70.4 Å². The van der Waals surface area contributed by atoms with Crippen molar-refractivity contribution >= 4 is 41.1 Å². The molecule has 1 heterocycles. The number of carbonyl (C=O) groups excluding carboxylic acids is 4. The lowest BCUT2D eigenvalue weighted by Crippen LogP contribution is -2.60. The van der Waals surface area contributed by atoms with Crippen molar-refractivity contribution in [3.63, 3.8) is 0 Å². The van der Waals surface area contributed by atoms with Gasteiger partial charge in [-0.05, 0) is 44.8 Å². The van der Waals surface area contributed by atoms with Crippen LogP contribution in [0.5, 0.6) is 0 Å². The minimum Gasteiger partial charge on any atom is -0.466 e. The molecule has 0 aromatic carbocycles. The fraction of sp³-hybridized carbons (Fsp3) is 0.737. The molecule has 2 amide bonds. The number of piperazine rings is 1. The first-order chi connectivity index (χ1) is 13.9. The fourth-order valence-corrected chi connectivity index (χ4v) is 3.77. The maximum Gasteiger partial charge on any atom is 0.308 e. The first kappa shape index (κ1) is 23.1. The van der Waals surface area contributed by atoms with Gasteiger partial charge >= 0.3 is 11.9 Å². The first-order valence-corrected chi connectivity index (χ1v) is 10.5. The van der Waals surface area contributed by atoms with Crippen LogP contribution in [-0.4, -0.2) is 65.6 Å². The van der Waals surface area contributed by atoms with Gasteiger partial charge in [0.25, 0.3) is 0 Å². The van der Waals surface area contributed by atoms with Gasteiger partial charge in [-0.1, -0.05) is 6.42 Å². The zero-order valence-electron chi connectivity index (χ0n) is 16.7. The molecule has 29 heavy (non-hydrogen) atoms. The summed E-state index contributed by atoms with van der Waals surface area (Å²) in [5.41, 5.74) is 0. The number of thiocarbonyl (C=S) groups is 1.